The zero-order valence-electron chi connectivity index (χ0n) is 11.0. The molecule has 1 aromatic carbocycles. The minimum atomic E-state index is -0.838. The number of rotatable bonds is 6. The largest absolute Gasteiger partial charge is 0.481 e. The van der Waals surface area contributed by atoms with Gasteiger partial charge in [0.25, 0.3) is 0 Å². The summed E-state index contributed by atoms with van der Waals surface area (Å²) in [6.07, 6.45) is 1.42. The third-order valence-electron chi connectivity index (χ3n) is 3.61. The van der Waals surface area contributed by atoms with Crippen LogP contribution in [0.25, 0.3) is 0 Å². The topological polar surface area (TPSA) is 66.4 Å². The lowest BCUT2D eigenvalue weighted by Crippen LogP contribution is -2.30. The summed E-state index contributed by atoms with van der Waals surface area (Å²) in [4.78, 5) is 22.7. The average molecular weight is 261 g/mol. The third kappa shape index (κ3) is 3.81. The maximum absolute atomic E-state index is 12.0. The smallest absolute Gasteiger partial charge is 0.303 e. The molecule has 1 aromatic rings. The fourth-order valence-corrected chi connectivity index (χ4v) is 2.24. The molecule has 1 amide bonds. The molecule has 2 N–H and O–H groups in total. The van der Waals surface area contributed by atoms with Gasteiger partial charge in [-0.05, 0) is 24.3 Å². The quantitative estimate of drug-likeness (QED) is 0.826. The van der Waals surface area contributed by atoms with E-state index in [1.807, 2.05) is 30.3 Å². The van der Waals surface area contributed by atoms with Crippen molar-refractivity contribution < 1.29 is 14.7 Å². The minimum Gasteiger partial charge on any atom is -0.481 e. The van der Waals surface area contributed by atoms with E-state index in [0.29, 0.717) is 12.3 Å². The van der Waals surface area contributed by atoms with Crippen LogP contribution in [-0.2, 0) is 9.59 Å². The van der Waals surface area contributed by atoms with E-state index in [2.05, 4.69) is 12.2 Å². The molecule has 19 heavy (non-hydrogen) atoms. The van der Waals surface area contributed by atoms with Crippen molar-refractivity contribution in [2.45, 2.75) is 32.2 Å². The Bertz CT molecular complexity index is 458. The Morgan fingerprint density at radius 3 is 2.53 bits per heavy atom. The molecular formula is C15H19NO3. The summed E-state index contributed by atoms with van der Waals surface area (Å²) < 4.78 is 0. The molecule has 1 aliphatic rings. The number of hydrogen-bond acceptors (Lipinski definition) is 2. The lowest BCUT2D eigenvalue weighted by molar-refractivity contribution is -0.137. The molecule has 1 fully saturated rings. The Morgan fingerprint density at radius 2 is 2.00 bits per heavy atom. The van der Waals surface area contributed by atoms with Gasteiger partial charge in [-0.15, -0.1) is 0 Å². The maximum Gasteiger partial charge on any atom is 0.303 e. The lowest BCUT2D eigenvalue weighted by Gasteiger charge is -2.18. The van der Waals surface area contributed by atoms with E-state index in [-0.39, 0.29) is 24.3 Å². The highest BCUT2D eigenvalue weighted by molar-refractivity contribution is 5.81. The number of carbonyl (C=O) groups excluding carboxylic acids is 1. The zero-order chi connectivity index (χ0) is 13.8. The van der Waals surface area contributed by atoms with Crippen LogP contribution in [0, 0.1) is 11.8 Å². The van der Waals surface area contributed by atoms with E-state index in [9.17, 15) is 9.59 Å². The number of carbonyl (C=O) groups is 2. The Morgan fingerprint density at radius 1 is 1.37 bits per heavy atom. The summed E-state index contributed by atoms with van der Waals surface area (Å²) in [7, 11) is 0. The molecule has 1 aliphatic carbocycles. The van der Waals surface area contributed by atoms with Gasteiger partial charge in [-0.2, -0.15) is 0 Å². The van der Waals surface area contributed by atoms with Gasteiger partial charge in [0, 0.05) is 12.3 Å². The molecule has 4 nitrogen and oxygen atoms in total. The van der Waals surface area contributed by atoms with E-state index < -0.39 is 5.97 Å². The minimum absolute atomic E-state index is 0.0479. The standard InChI is InChI=1S/C15H19NO3/c1-10-9-12(10)15(19)16-13(7-8-14(17)18)11-5-3-2-4-6-11/h2-6,10,12-13H,7-9H2,1H3,(H,16,19)(H,17,18)/t10-,12+,13-/m1/s1. The Kier molecular flexibility index (Phi) is 4.20. The summed E-state index contributed by atoms with van der Waals surface area (Å²) in [6.45, 7) is 2.05. The van der Waals surface area contributed by atoms with Crippen LogP contribution >= 0.6 is 0 Å². The van der Waals surface area contributed by atoms with Gasteiger partial charge >= 0.3 is 5.97 Å². The van der Waals surface area contributed by atoms with Crippen molar-refractivity contribution in [2.24, 2.45) is 11.8 Å². The lowest BCUT2D eigenvalue weighted by atomic mass is 10.0. The van der Waals surface area contributed by atoms with Crippen LogP contribution < -0.4 is 5.32 Å². The van der Waals surface area contributed by atoms with Crippen LogP contribution in [-0.4, -0.2) is 17.0 Å². The summed E-state index contributed by atoms with van der Waals surface area (Å²) >= 11 is 0. The fraction of sp³-hybridized carbons (Fsp3) is 0.467. The normalized spacial score (nSPS) is 22.6. The zero-order valence-corrected chi connectivity index (χ0v) is 11.0. The summed E-state index contributed by atoms with van der Waals surface area (Å²) in [6, 6.07) is 9.33. The number of nitrogens with one attached hydrogen (secondary N) is 1. The van der Waals surface area contributed by atoms with Crippen LogP contribution in [0.4, 0.5) is 0 Å². The SMILES string of the molecule is C[C@@H]1C[C@@H]1C(=O)N[C@H](CCC(=O)O)c1ccccc1. The van der Waals surface area contributed by atoms with Gasteiger partial charge in [0.15, 0.2) is 0 Å². The number of carboxylic acid groups (broad SMARTS) is 1. The van der Waals surface area contributed by atoms with E-state index >= 15 is 0 Å². The number of aliphatic carboxylic acids is 1. The molecular weight excluding hydrogens is 242 g/mol. The second-order valence-electron chi connectivity index (χ2n) is 5.22. The first-order valence-corrected chi connectivity index (χ1v) is 6.65. The van der Waals surface area contributed by atoms with Crippen LogP contribution in [0.3, 0.4) is 0 Å². The van der Waals surface area contributed by atoms with Gasteiger partial charge in [-0.25, -0.2) is 0 Å². The molecule has 2 rings (SSSR count). The van der Waals surface area contributed by atoms with Gasteiger partial charge in [-0.3, -0.25) is 9.59 Å². The third-order valence-corrected chi connectivity index (χ3v) is 3.61. The highest BCUT2D eigenvalue weighted by Gasteiger charge is 2.39. The van der Waals surface area contributed by atoms with E-state index in [4.69, 9.17) is 5.11 Å². The van der Waals surface area contributed by atoms with Crippen molar-refractivity contribution in [3.8, 4) is 0 Å². The number of hydrogen-bond donors (Lipinski definition) is 2. The maximum atomic E-state index is 12.0. The summed E-state index contributed by atoms with van der Waals surface area (Å²) in [5.41, 5.74) is 0.963. The van der Waals surface area contributed by atoms with Gasteiger partial charge in [0.05, 0.1) is 6.04 Å². The van der Waals surface area contributed by atoms with Crippen molar-refractivity contribution in [2.75, 3.05) is 0 Å². The van der Waals surface area contributed by atoms with E-state index in [0.717, 1.165) is 12.0 Å². The molecule has 0 saturated heterocycles. The molecule has 1 saturated carbocycles. The van der Waals surface area contributed by atoms with Crippen molar-refractivity contribution >= 4 is 11.9 Å². The van der Waals surface area contributed by atoms with Crippen molar-refractivity contribution in [3.63, 3.8) is 0 Å². The van der Waals surface area contributed by atoms with E-state index in [1.165, 1.54) is 0 Å². The highest BCUT2D eigenvalue weighted by atomic mass is 16.4. The Labute approximate surface area is 112 Å². The first-order valence-electron chi connectivity index (χ1n) is 6.65. The first-order chi connectivity index (χ1) is 9.08. The molecule has 0 aromatic heterocycles. The summed E-state index contributed by atoms with van der Waals surface area (Å²) in [5, 5.41) is 11.8. The van der Waals surface area contributed by atoms with E-state index in [1.54, 1.807) is 0 Å². The number of amides is 1. The van der Waals surface area contributed by atoms with Gasteiger partial charge in [0.2, 0.25) is 5.91 Å². The Hall–Kier alpha value is -1.84. The van der Waals surface area contributed by atoms with Crippen LogP contribution in [0.15, 0.2) is 30.3 Å². The average Bonchev–Trinajstić information content (AvgIpc) is 3.12. The van der Waals surface area contributed by atoms with Crippen LogP contribution in [0.1, 0.15) is 37.8 Å². The Balaban J connectivity index is 2.01. The number of carboxylic acids is 1. The molecule has 0 unspecified atom stereocenters. The molecule has 0 spiro atoms. The fourth-order valence-electron chi connectivity index (χ4n) is 2.24. The summed E-state index contributed by atoms with van der Waals surface area (Å²) in [5.74, 6) is -0.228. The molecule has 0 aliphatic heterocycles. The highest BCUT2D eigenvalue weighted by Crippen LogP contribution is 2.38. The molecule has 3 atom stereocenters. The van der Waals surface area contributed by atoms with Crippen molar-refractivity contribution in [3.05, 3.63) is 35.9 Å². The monoisotopic (exact) mass is 261 g/mol. The predicted molar refractivity (Wildman–Crippen MR) is 71.5 cm³/mol. The van der Waals surface area contributed by atoms with Crippen molar-refractivity contribution in [1.29, 1.82) is 0 Å². The molecule has 0 radical (unpaired) electrons. The van der Waals surface area contributed by atoms with Gasteiger partial charge in [-0.1, -0.05) is 37.3 Å². The second kappa shape index (κ2) is 5.87. The van der Waals surface area contributed by atoms with Gasteiger partial charge < -0.3 is 10.4 Å². The van der Waals surface area contributed by atoms with Crippen LogP contribution in [0.5, 0.6) is 0 Å². The second-order valence-corrected chi connectivity index (χ2v) is 5.22. The molecule has 102 valence electrons. The predicted octanol–water partition coefficient (Wildman–Crippen LogP) is 2.36. The first kappa shape index (κ1) is 13.6. The molecule has 0 heterocycles. The molecule has 4 heteroatoms. The number of benzene rings is 1. The van der Waals surface area contributed by atoms with Crippen LogP contribution in [0.2, 0.25) is 0 Å². The molecule has 0 bridgehead atoms. The van der Waals surface area contributed by atoms with Gasteiger partial charge in [0.1, 0.15) is 0 Å². The van der Waals surface area contributed by atoms with Crippen molar-refractivity contribution in [1.82, 2.24) is 5.32 Å².